The van der Waals surface area contributed by atoms with Gasteiger partial charge in [0.05, 0.1) is 5.69 Å². The third kappa shape index (κ3) is 1.56. The number of benzene rings is 1. The lowest BCUT2D eigenvalue weighted by Crippen LogP contribution is -2.21. The van der Waals surface area contributed by atoms with Gasteiger partial charge in [-0.2, -0.15) is 0 Å². The second kappa shape index (κ2) is 3.31. The van der Waals surface area contributed by atoms with Gasteiger partial charge in [-0.25, -0.2) is 9.63 Å². The van der Waals surface area contributed by atoms with E-state index in [0.717, 1.165) is 11.1 Å². The molecule has 1 amide bonds. The van der Waals surface area contributed by atoms with Crippen molar-refractivity contribution in [2.75, 3.05) is 11.9 Å². The summed E-state index contributed by atoms with van der Waals surface area (Å²) >= 11 is 0. The van der Waals surface area contributed by atoms with Gasteiger partial charge in [-0.1, -0.05) is 6.07 Å². The molecule has 2 rings (SSSR count). The fourth-order valence-corrected chi connectivity index (χ4v) is 1.49. The zero-order valence-electron chi connectivity index (χ0n) is 8.11. The molecular formula is C10H11NO3. The largest absolute Gasteiger partial charge is 0.441 e. The second-order valence-electron chi connectivity index (χ2n) is 3.30. The zero-order valence-corrected chi connectivity index (χ0v) is 8.11. The van der Waals surface area contributed by atoms with Gasteiger partial charge in [0.15, 0.2) is 0 Å². The highest BCUT2D eigenvalue weighted by Crippen LogP contribution is 2.22. The molecule has 0 spiro atoms. The van der Waals surface area contributed by atoms with Gasteiger partial charge in [-0.3, -0.25) is 0 Å². The molecular weight excluding hydrogens is 182 g/mol. The van der Waals surface area contributed by atoms with Gasteiger partial charge in [0.2, 0.25) is 6.79 Å². The number of hydroxylamine groups is 1. The van der Waals surface area contributed by atoms with Crippen LogP contribution in [0.25, 0.3) is 0 Å². The lowest BCUT2D eigenvalue weighted by molar-refractivity contribution is 0.0704. The van der Waals surface area contributed by atoms with Gasteiger partial charge < -0.3 is 4.74 Å². The third-order valence-corrected chi connectivity index (χ3v) is 1.97. The molecule has 0 aliphatic carbocycles. The van der Waals surface area contributed by atoms with Crippen LogP contribution in [0, 0.1) is 13.8 Å². The van der Waals surface area contributed by atoms with Crippen molar-refractivity contribution in [1.82, 2.24) is 0 Å². The van der Waals surface area contributed by atoms with E-state index in [2.05, 4.69) is 4.74 Å². The number of rotatable bonds is 1. The summed E-state index contributed by atoms with van der Waals surface area (Å²) in [5.74, 6) is 0. The SMILES string of the molecule is Cc1cc(C)cc(N2OCOC2=O)c1. The number of ether oxygens (including phenoxy) is 1. The Balaban J connectivity index is 2.35. The summed E-state index contributed by atoms with van der Waals surface area (Å²) in [5, 5.41) is 1.17. The Hall–Kier alpha value is -1.55. The Labute approximate surface area is 82.0 Å². The van der Waals surface area contributed by atoms with Gasteiger partial charge in [-0.15, -0.1) is 5.06 Å². The van der Waals surface area contributed by atoms with Crippen molar-refractivity contribution in [1.29, 1.82) is 0 Å². The molecule has 0 N–H and O–H groups in total. The van der Waals surface area contributed by atoms with Gasteiger partial charge in [0, 0.05) is 0 Å². The van der Waals surface area contributed by atoms with Crippen LogP contribution < -0.4 is 5.06 Å². The Morgan fingerprint density at radius 1 is 1.21 bits per heavy atom. The number of aryl methyl sites for hydroxylation is 2. The number of hydrogen-bond donors (Lipinski definition) is 0. The van der Waals surface area contributed by atoms with Crippen molar-refractivity contribution in [3.05, 3.63) is 29.3 Å². The smallest absolute Gasteiger partial charge is 0.418 e. The molecule has 74 valence electrons. The van der Waals surface area contributed by atoms with Gasteiger partial charge in [0.1, 0.15) is 0 Å². The number of carbonyl (C=O) groups is 1. The quantitative estimate of drug-likeness (QED) is 0.686. The summed E-state index contributed by atoms with van der Waals surface area (Å²) in [6.45, 7) is 3.93. The van der Waals surface area contributed by atoms with Crippen LogP contribution in [-0.2, 0) is 9.57 Å². The molecule has 0 bridgehead atoms. The summed E-state index contributed by atoms with van der Waals surface area (Å²) in [5.41, 5.74) is 2.89. The molecule has 1 aliphatic heterocycles. The number of nitrogens with zero attached hydrogens (tertiary/aromatic N) is 1. The minimum absolute atomic E-state index is 0.00811. The van der Waals surface area contributed by atoms with Gasteiger partial charge in [-0.05, 0) is 37.1 Å². The molecule has 4 heteroatoms. The summed E-state index contributed by atoms with van der Waals surface area (Å²) in [6, 6.07) is 5.78. The van der Waals surface area contributed by atoms with Crippen LogP contribution in [0.3, 0.4) is 0 Å². The molecule has 0 radical (unpaired) electrons. The molecule has 1 aromatic rings. The van der Waals surface area contributed by atoms with E-state index in [9.17, 15) is 4.79 Å². The van der Waals surface area contributed by atoms with E-state index in [4.69, 9.17) is 4.84 Å². The minimum atomic E-state index is -0.463. The first-order valence-electron chi connectivity index (χ1n) is 4.35. The maximum atomic E-state index is 11.2. The number of carbonyl (C=O) groups excluding carboxylic acids is 1. The minimum Gasteiger partial charge on any atom is -0.418 e. The second-order valence-corrected chi connectivity index (χ2v) is 3.30. The maximum Gasteiger partial charge on any atom is 0.441 e. The lowest BCUT2D eigenvalue weighted by Gasteiger charge is -2.11. The molecule has 1 aliphatic rings. The van der Waals surface area contributed by atoms with E-state index in [-0.39, 0.29) is 6.79 Å². The van der Waals surface area contributed by atoms with Crippen LogP contribution in [0.1, 0.15) is 11.1 Å². The van der Waals surface area contributed by atoms with Gasteiger partial charge >= 0.3 is 6.09 Å². The Bertz CT molecular complexity index is 355. The topological polar surface area (TPSA) is 38.8 Å². The molecule has 0 aromatic heterocycles. The Kier molecular flexibility index (Phi) is 2.13. The van der Waals surface area contributed by atoms with Crippen LogP contribution in [-0.4, -0.2) is 12.9 Å². The van der Waals surface area contributed by atoms with E-state index in [0.29, 0.717) is 5.69 Å². The number of amides is 1. The number of cyclic esters (lactones) is 1. The molecule has 1 fully saturated rings. The van der Waals surface area contributed by atoms with Crippen molar-refractivity contribution in [3.63, 3.8) is 0 Å². The van der Waals surface area contributed by atoms with Crippen molar-refractivity contribution in [2.24, 2.45) is 0 Å². The van der Waals surface area contributed by atoms with E-state index in [1.165, 1.54) is 5.06 Å². The first-order valence-corrected chi connectivity index (χ1v) is 4.35. The molecule has 0 unspecified atom stereocenters. The molecule has 1 aromatic carbocycles. The standard InChI is InChI=1S/C10H11NO3/c1-7-3-8(2)5-9(4-7)11-10(12)13-6-14-11/h3-5H,6H2,1-2H3. The number of hydrogen-bond acceptors (Lipinski definition) is 3. The van der Waals surface area contributed by atoms with E-state index in [1.807, 2.05) is 32.0 Å². The van der Waals surface area contributed by atoms with Crippen molar-refractivity contribution in [2.45, 2.75) is 13.8 Å². The first-order chi connectivity index (χ1) is 6.66. The lowest BCUT2D eigenvalue weighted by atomic mass is 10.1. The predicted octanol–water partition coefficient (Wildman–Crippen LogP) is 2.15. The highest BCUT2D eigenvalue weighted by Gasteiger charge is 2.25. The summed E-state index contributed by atoms with van der Waals surface area (Å²) in [7, 11) is 0. The fraction of sp³-hybridized carbons (Fsp3) is 0.300. The predicted molar refractivity (Wildman–Crippen MR) is 50.8 cm³/mol. The molecule has 4 nitrogen and oxygen atoms in total. The third-order valence-electron chi connectivity index (χ3n) is 1.97. The zero-order chi connectivity index (χ0) is 10.1. The van der Waals surface area contributed by atoms with Crippen molar-refractivity contribution < 1.29 is 14.4 Å². The Morgan fingerprint density at radius 3 is 2.36 bits per heavy atom. The van der Waals surface area contributed by atoms with Crippen LogP contribution in [0.15, 0.2) is 18.2 Å². The average molecular weight is 193 g/mol. The normalized spacial score (nSPS) is 15.9. The molecule has 14 heavy (non-hydrogen) atoms. The van der Waals surface area contributed by atoms with Crippen LogP contribution in [0.4, 0.5) is 10.5 Å². The van der Waals surface area contributed by atoms with Crippen LogP contribution in [0.5, 0.6) is 0 Å². The van der Waals surface area contributed by atoms with Crippen LogP contribution in [0.2, 0.25) is 0 Å². The summed E-state index contributed by atoms with van der Waals surface area (Å²) in [4.78, 5) is 16.2. The first kappa shape index (κ1) is 9.02. The highest BCUT2D eigenvalue weighted by molar-refractivity contribution is 5.86. The van der Waals surface area contributed by atoms with Crippen molar-refractivity contribution >= 4 is 11.8 Å². The molecule has 0 atom stereocenters. The number of anilines is 1. The van der Waals surface area contributed by atoms with E-state index in [1.54, 1.807) is 0 Å². The summed E-state index contributed by atoms with van der Waals surface area (Å²) < 4.78 is 4.66. The van der Waals surface area contributed by atoms with Gasteiger partial charge in [0.25, 0.3) is 0 Å². The Morgan fingerprint density at radius 2 is 1.86 bits per heavy atom. The highest BCUT2D eigenvalue weighted by atomic mass is 16.9. The van der Waals surface area contributed by atoms with Crippen LogP contribution >= 0.6 is 0 Å². The molecule has 0 saturated carbocycles. The monoisotopic (exact) mass is 193 g/mol. The molecule has 1 saturated heterocycles. The van der Waals surface area contributed by atoms with E-state index >= 15 is 0 Å². The average Bonchev–Trinajstić information content (AvgIpc) is 2.49. The maximum absolute atomic E-state index is 11.2. The fourth-order valence-electron chi connectivity index (χ4n) is 1.49. The van der Waals surface area contributed by atoms with E-state index < -0.39 is 6.09 Å². The molecule has 1 heterocycles. The van der Waals surface area contributed by atoms with Crippen molar-refractivity contribution in [3.8, 4) is 0 Å². The summed E-state index contributed by atoms with van der Waals surface area (Å²) in [6.07, 6.45) is -0.463.